The molecule has 2 aromatic heterocycles. The number of esters is 1. The van der Waals surface area contributed by atoms with Crippen molar-refractivity contribution in [1.82, 2.24) is 14.6 Å². The predicted octanol–water partition coefficient (Wildman–Crippen LogP) is 3.67. The third-order valence-electron chi connectivity index (χ3n) is 5.40. The minimum absolute atomic E-state index is 0.0862. The summed E-state index contributed by atoms with van der Waals surface area (Å²) < 4.78 is 33.1. The maximum atomic E-state index is 13.6. The van der Waals surface area contributed by atoms with Crippen molar-refractivity contribution in [1.29, 1.82) is 0 Å². The molecule has 0 aliphatic heterocycles. The molecule has 0 atom stereocenters. The number of benzene rings is 3. The van der Waals surface area contributed by atoms with Crippen molar-refractivity contribution in [3.8, 4) is 0 Å². The highest BCUT2D eigenvalue weighted by Crippen LogP contribution is 2.35. The van der Waals surface area contributed by atoms with Crippen molar-refractivity contribution in [2.75, 3.05) is 12.8 Å². The normalized spacial score (nSPS) is 11.9. The van der Waals surface area contributed by atoms with Gasteiger partial charge in [-0.2, -0.15) is 9.78 Å². The number of anilines is 1. The second kappa shape index (κ2) is 8.65. The number of nitrogens with zero attached hydrogens (tertiary/aromatic N) is 4. The second-order valence-corrected chi connectivity index (χ2v) is 9.47. The summed E-state index contributed by atoms with van der Waals surface area (Å²) in [5.74, 6) is -0.561. The Balaban J connectivity index is 1.70. The number of fused-ring (bicyclic) bond motifs is 2. The van der Waals surface area contributed by atoms with Crippen molar-refractivity contribution >= 4 is 50.0 Å². The number of aromatic nitrogens is 3. The van der Waals surface area contributed by atoms with Crippen LogP contribution in [0.2, 0.25) is 0 Å². The quantitative estimate of drug-likeness (QED) is 0.297. The van der Waals surface area contributed by atoms with Crippen LogP contribution in [0.4, 0.5) is 5.82 Å². The highest BCUT2D eigenvalue weighted by atomic mass is 32.2. The maximum absolute atomic E-state index is 13.6. The molecule has 5 aromatic rings. The standard InChI is InChI=1S/C25H19N5O4S/c1-34-25(31)17-13-11-16(12-14-17)15-27-30-23(26)22(35(32,33)18-7-3-2-4-8-18)21-24(30)29-20-10-6-5-9-19(20)28-21/h2-15H,26H2,1H3/b27-15-. The first-order chi connectivity index (χ1) is 16.9. The lowest BCUT2D eigenvalue weighted by atomic mass is 10.1. The van der Waals surface area contributed by atoms with Crippen molar-refractivity contribution in [3.05, 3.63) is 90.0 Å². The zero-order valence-corrected chi connectivity index (χ0v) is 19.3. The molecule has 3 aromatic carbocycles. The highest BCUT2D eigenvalue weighted by molar-refractivity contribution is 7.92. The van der Waals surface area contributed by atoms with E-state index in [4.69, 9.17) is 10.5 Å². The first kappa shape index (κ1) is 22.2. The van der Waals surface area contributed by atoms with E-state index in [-0.39, 0.29) is 26.8 Å². The molecule has 0 fully saturated rings. The number of carbonyl (C=O) groups excluding carboxylic acids is 1. The van der Waals surface area contributed by atoms with Gasteiger partial charge < -0.3 is 10.5 Å². The van der Waals surface area contributed by atoms with Crippen molar-refractivity contribution in [2.45, 2.75) is 9.79 Å². The average Bonchev–Trinajstić information content (AvgIpc) is 3.16. The summed E-state index contributed by atoms with van der Waals surface area (Å²) in [5.41, 5.74) is 8.86. The number of methoxy groups -OCH3 is 1. The fourth-order valence-corrected chi connectivity index (χ4v) is 5.17. The van der Waals surface area contributed by atoms with Crippen LogP contribution in [0.25, 0.3) is 22.2 Å². The number of hydrogen-bond acceptors (Lipinski definition) is 8. The molecular weight excluding hydrogens is 466 g/mol. The Hall–Kier alpha value is -4.57. The van der Waals surface area contributed by atoms with Gasteiger partial charge in [0.2, 0.25) is 9.84 Å². The van der Waals surface area contributed by atoms with Gasteiger partial charge in [-0.15, -0.1) is 0 Å². The topological polar surface area (TPSA) is 130 Å². The summed E-state index contributed by atoms with van der Waals surface area (Å²) >= 11 is 0. The van der Waals surface area contributed by atoms with Crippen LogP contribution in [0, 0.1) is 0 Å². The minimum Gasteiger partial charge on any atom is -0.465 e. The maximum Gasteiger partial charge on any atom is 0.337 e. The van der Waals surface area contributed by atoms with Gasteiger partial charge in [0.05, 0.1) is 34.8 Å². The fourth-order valence-electron chi connectivity index (χ4n) is 3.67. The number of rotatable bonds is 5. The van der Waals surface area contributed by atoms with E-state index in [9.17, 15) is 13.2 Å². The zero-order valence-electron chi connectivity index (χ0n) is 18.5. The molecule has 0 spiro atoms. The number of ether oxygens (including phenoxy) is 1. The van der Waals surface area contributed by atoms with Gasteiger partial charge in [0.1, 0.15) is 16.2 Å². The Morgan fingerprint density at radius 1 is 0.943 bits per heavy atom. The van der Waals surface area contributed by atoms with Gasteiger partial charge in [-0.25, -0.2) is 23.2 Å². The SMILES string of the molecule is COC(=O)c1ccc(/C=N\n2c(N)c(S(=O)(=O)c3ccccc3)c3nc4ccccc4nc32)cc1. The number of para-hydroxylation sites is 2. The largest absolute Gasteiger partial charge is 0.465 e. The average molecular weight is 486 g/mol. The van der Waals surface area contributed by atoms with Crippen LogP contribution in [0.15, 0.2) is 93.8 Å². The molecule has 0 amide bonds. The van der Waals surface area contributed by atoms with Gasteiger partial charge in [0.15, 0.2) is 5.65 Å². The summed E-state index contributed by atoms with van der Waals surface area (Å²) in [4.78, 5) is 20.8. The lowest BCUT2D eigenvalue weighted by Crippen LogP contribution is -2.06. The molecule has 9 nitrogen and oxygen atoms in total. The predicted molar refractivity (Wildman–Crippen MR) is 132 cm³/mol. The smallest absolute Gasteiger partial charge is 0.337 e. The van der Waals surface area contributed by atoms with E-state index in [2.05, 4.69) is 15.1 Å². The first-order valence-electron chi connectivity index (χ1n) is 10.5. The molecule has 10 heteroatoms. The summed E-state index contributed by atoms with van der Waals surface area (Å²) in [6.07, 6.45) is 1.49. The molecule has 2 N–H and O–H groups in total. The third kappa shape index (κ3) is 3.89. The molecule has 0 saturated carbocycles. The van der Waals surface area contributed by atoms with E-state index < -0.39 is 15.8 Å². The van der Waals surface area contributed by atoms with Gasteiger partial charge in [0, 0.05) is 0 Å². The Bertz CT molecular complexity index is 1710. The lowest BCUT2D eigenvalue weighted by Gasteiger charge is -2.04. The number of nitrogen functional groups attached to an aromatic ring is 1. The second-order valence-electron chi connectivity index (χ2n) is 7.59. The van der Waals surface area contributed by atoms with Gasteiger partial charge in [-0.1, -0.05) is 42.5 Å². The molecule has 5 rings (SSSR count). The van der Waals surface area contributed by atoms with Crippen LogP contribution in [0.5, 0.6) is 0 Å². The van der Waals surface area contributed by atoms with Crippen molar-refractivity contribution in [3.63, 3.8) is 0 Å². The number of nitrogens with two attached hydrogens (primary N) is 1. The molecule has 0 aliphatic carbocycles. The molecule has 0 bridgehead atoms. The Labute approximate surface area is 200 Å². The van der Waals surface area contributed by atoms with E-state index in [1.165, 1.54) is 30.1 Å². The Morgan fingerprint density at radius 3 is 2.23 bits per heavy atom. The van der Waals surface area contributed by atoms with Crippen LogP contribution in [-0.4, -0.2) is 42.4 Å². The molecule has 0 saturated heterocycles. The van der Waals surface area contributed by atoms with Gasteiger partial charge >= 0.3 is 5.97 Å². The molecule has 174 valence electrons. The summed E-state index contributed by atoms with van der Waals surface area (Å²) in [6.45, 7) is 0. The first-order valence-corrected chi connectivity index (χ1v) is 12.0. The van der Waals surface area contributed by atoms with E-state index in [1.807, 2.05) is 6.07 Å². The molecule has 2 heterocycles. The van der Waals surface area contributed by atoms with Crippen LogP contribution in [-0.2, 0) is 14.6 Å². The molecular formula is C25H19N5O4S. The Kier molecular flexibility index (Phi) is 5.50. The van der Waals surface area contributed by atoms with Gasteiger partial charge in [-0.3, -0.25) is 0 Å². The minimum atomic E-state index is -4.02. The molecule has 0 unspecified atom stereocenters. The Morgan fingerprint density at radius 2 is 1.57 bits per heavy atom. The van der Waals surface area contributed by atoms with E-state index >= 15 is 0 Å². The van der Waals surface area contributed by atoms with E-state index in [1.54, 1.807) is 60.7 Å². The van der Waals surface area contributed by atoms with Gasteiger partial charge in [-0.05, 0) is 42.0 Å². The van der Waals surface area contributed by atoms with Crippen molar-refractivity contribution in [2.24, 2.45) is 5.10 Å². The van der Waals surface area contributed by atoms with Crippen molar-refractivity contribution < 1.29 is 17.9 Å². The van der Waals surface area contributed by atoms with Gasteiger partial charge in [0.25, 0.3) is 0 Å². The molecule has 0 radical (unpaired) electrons. The monoisotopic (exact) mass is 485 g/mol. The summed E-state index contributed by atoms with van der Waals surface area (Å²) in [5, 5.41) is 4.42. The van der Waals surface area contributed by atoms with Crippen LogP contribution < -0.4 is 5.73 Å². The fraction of sp³-hybridized carbons (Fsp3) is 0.0400. The summed E-state index contributed by atoms with van der Waals surface area (Å²) in [7, 11) is -2.71. The molecule has 0 aliphatic rings. The number of carbonyl (C=O) groups is 1. The van der Waals surface area contributed by atoms with E-state index in [0.717, 1.165) is 0 Å². The lowest BCUT2D eigenvalue weighted by molar-refractivity contribution is 0.0600. The van der Waals surface area contributed by atoms with Crippen LogP contribution in [0.1, 0.15) is 15.9 Å². The highest BCUT2D eigenvalue weighted by Gasteiger charge is 2.30. The number of sulfone groups is 1. The molecule has 35 heavy (non-hydrogen) atoms. The van der Waals surface area contributed by atoms with Crippen LogP contribution in [0.3, 0.4) is 0 Å². The van der Waals surface area contributed by atoms with Crippen LogP contribution >= 0.6 is 0 Å². The third-order valence-corrected chi connectivity index (χ3v) is 7.24. The summed E-state index contributed by atoms with van der Waals surface area (Å²) in [6, 6.07) is 21.7. The number of hydrogen-bond donors (Lipinski definition) is 1. The van der Waals surface area contributed by atoms with E-state index in [0.29, 0.717) is 22.2 Å². The zero-order chi connectivity index (χ0) is 24.6.